The number of amides is 2. The summed E-state index contributed by atoms with van der Waals surface area (Å²) in [6.45, 7) is 0.419. The number of carbonyl (C=O) groups is 2. The predicted octanol–water partition coefficient (Wildman–Crippen LogP) is 1.06. The van der Waals surface area contributed by atoms with Gasteiger partial charge in [-0.25, -0.2) is 4.39 Å². The van der Waals surface area contributed by atoms with E-state index in [0.29, 0.717) is 18.7 Å². The van der Waals surface area contributed by atoms with Crippen LogP contribution < -0.4 is 10.6 Å². The van der Waals surface area contributed by atoms with Crippen LogP contribution in [0.15, 0.2) is 24.3 Å². The van der Waals surface area contributed by atoms with E-state index >= 15 is 0 Å². The lowest BCUT2D eigenvalue weighted by molar-refractivity contribution is -0.131. The molecule has 0 saturated carbocycles. The van der Waals surface area contributed by atoms with E-state index in [1.165, 1.54) is 18.2 Å². The summed E-state index contributed by atoms with van der Waals surface area (Å²) < 4.78 is 18.1. The van der Waals surface area contributed by atoms with Crippen molar-refractivity contribution in [2.45, 2.75) is 18.9 Å². The minimum Gasteiger partial charge on any atom is -0.368 e. The molecule has 0 aliphatic carbocycles. The number of rotatable bonds is 4. The van der Waals surface area contributed by atoms with Gasteiger partial charge in [-0.15, -0.1) is 0 Å². The maximum atomic E-state index is 12.9. The Labute approximate surface area is 110 Å². The maximum absolute atomic E-state index is 12.9. The molecule has 0 radical (unpaired) electrons. The van der Waals surface area contributed by atoms with Gasteiger partial charge >= 0.3 is 0 Å². The van der Waals surface area contributed by atoms with E-state index in [1.807, 2.05) is 0 Å². The van der Waals surface area contributed by atoms with Crippen LogP contribution >= 0.6 is 0 Å². The van der Waals surface area contributed by atoms with Crippen LogP contribution in [0.2, 0.25) is 0 Å². The molecule has 1 heterocycles. The summed E-state index contributed by atoms with van der Waals surface area (Å²) in [5.41, 5.74) is 0.358. The average molecular weight is 266 g/mol. The molecule has 5 nitrogen and oxygen atoms in total. The summed E-state index contributed by atoms with van der Waals surface area (Å²) in [4.78, 5) is 23.1. The third kappa shape index (κ3) is 4.03. The molecule has 19 heavy (non-hydrogen) atoms. The lowest BCUT2D eigenvalue weighted by Crippen LogP contribution is -2.39. The van der Waals surface area contributed by atoms with Crippen molar-refractivity contribution in [3.63, 3.8) is 0 Å². The molecule has 1 saturated heterocycles. The van der Waals surface area contributed by atoms with E-state index < -0.39 is 17.8 Å². The normalized spacial score (nSPS) is 18.1. The molecule has 102 valence electrons. The largest absolute Gasteiger partial charge is 0.368 e. The molecule has 1 atom stereocenters. The van der Waals surface area contributed by atoms with Crippen molar-refractivity contribution in [3.8, 4) is 0 Å². The van der Waals surface area contributed by atoms with Crippen LogP contribution in [0.4, 0.5) is 10.1 Å². The van der Waals surface area contributed by atoms with Crippen molar-refractivity contribution >= 4 is 17.5 Å². The van der Waals surface area contributed by atoms with Crippen molar-refractivity contribution in [3.05, 3.63) is 30.1 Å². The summed E-state index contributed by atoms with van der Waals surface area (Å²) in [6, 6.07) is 5.56. The highest BCUT2D eigenvalue weighted by atomic mass is 19.1. The molecule has 0 spiro atoms. The van der Waals surface area contributed by atoms with Gasteiger partial charge in [0.15, 0.2) is 0 Å². The van der Waals surface area contributed by atoms with Crippen LogP contribution in [0, 0.1) is 5.82 Å². The first-order valence-corrected chi connectivity index (χ1v) is 6.10. The van der Waals surface area contributed by atoms with Crippen molar-refractivity contribution in [2.24, 2.45) is 0 Å². The zero-order valence-electron chi connectivity index (χ0n) is 10.3. The quantitative estimate of drug-likeness (QED) is 0.856. The van der Waals surface area contributed by atoms with Crippen LogP contribution in [-0.2, 0) is 14.3 Å². The molecule has 1 fully saturated rings. The number of hydrogen-bond acceptors (Lipinski definition) is 3. The summed E-state index contributed by atoms with van der Waals surface area (Å²) >= 11 is 0. The number of benzene rings is 1. The Morgan fingerprint density at radius 3 is 2.95 bits per heavy atom. The Balaban J connectivity index is 1.76. The van der Waals surface area contributed by atoms with Crippen molar-refractivity contribution < 1.29 is 18.7 Å². The number of anilines is 1. The third-order valence-electron chi connectivity index (χ3n) is 2.75. The van der Waals surface area contributed by atoms with Crippen molar-refractivity contribution in [1.82, 2.24) is 5.32 Å². The van der Waals surface area contributed by atoms with Gasteiger partial charge in [0.05, 0.1) is 6.54 Å². The fraction of sp³-hybridized carbons (Fsp3) is 0.385. The van der Waals surface area contributed by atoms with Crippen LogP contribution in [0.3, 0.4) is 0 Å². The van der Waals surface area contributed by atoms with E-state index in [-0.39, 0.29) is 12.5 Å². The van der Waals surface area contributed by atoms with Gasteiger partial charge in [-0.1, -0.05) is 6.07 Å². The second-order valence-electron chi connectivity index (χ2n) is 4.28. The highest BCUT2D eigenvalue weighted by Crippen LogP contribution is 2.11. The first-order valence-electron chi connectivity index (χ1n) is 6.10. The Hall–Kier alpha value is -1.95. The molecule has 0 aromatic heterocycles. The zero-order chi connectivity index (χ0) is 13.7. The lowest BCUT2D eigenvalue weighted by atomic mass is 10.2. The fourth-order valence-corrected chi connectivity index (χ4v) is 1.84. The average Bonchev–Trinajstić information content (AvgIpc) is 2.90. The molecular weight excluding hydrogens is 251 g/mol. The summed E-state index contributed by atoms with van der Waals surface area (Å²) in [5.74, 6) is -1.12. The van der Waals surface area contributed by atoms with E-state index in [9.17, 15) is 14.0 Å². The molecule has 1 aliphatic heterocycles. The first kappa shape index (κ1) is 13.5. The van der Waals surface area contributed by atoms with Crippen LogP contribution in [0.5, 0.6) is 0 Å². The third-order valence-corrected chi connectivity index (χ3v) is 2.75. The minimum atomic E-state index is -0.457. The number of hydrogen-bond donors (Lipinski definition) is 2. The minimum absolute atomic E-state index is 0.158. The standard InChI is InChI=1S/C13H15FN2O3/c14-9-3-1-4-10(7-9)16-12(17)8-15-13(18)11-5-2-6-19-11/h1,3-4,7,11H,2,5-6,8H2,(H,15,18)(H,16,17). The summed E-state index contributed by atoms with van der Waals surface area (Å²) in [5, 5.41) is 4.98. The van der Waals surface area contributed by atoms with E-state index in [4.69, 9.17) is 4.74 Å². The van der Waals surface area contributed by atoms with Gasteiger partial charge in [-0.3, -0.25) is 9.59 Å². The number of carbonyl (C=O) groups excluding carboxylic acids is 2. The van der Waals surface area contributed by atoms with Crippen LogP contribution in [-0.4, -0.2) is 31.1 Å². The van der Waals surface area contributed by atoms with Crippen molar-refractivity contribution in [1.29, 1.82) is 0 Å². The SMILES string of the molecule is O=C(CNC(=O)C1CCCO1)Nc1cccc(F)c1. The van der Waals surface area contributed by atoms with E-state index in [1.54, 1.807) is 6.07 Å². The molecule has 2 N–H and O–H groups in total. The van der Waals surface area contributed by atoms with Gasteiger partial charge in [0.2, 0.25) is 11.8 Å². The fourth-order valence-electron chi connectivity index (χ4n) is 1.84. The van der Waals surface area contributed by atoms with Gasteiger partial charge in [0.1, 0.15) is 11.9 Å². The first-order chi connectivity index (χ1) is 9.15. The molecule has 0 bridgehead atoms. The Morgan fingerprint density at radius 1 is 1.42 bits per heavy atom. The second-order valence-corrected chi connectivity index (χ2v) is 4.28. The topological polar surface area (TPSA) is 67.4 Å². The molecule has 6 heteroatoms. The molecule has 1 aliphatic rings. The predicted molar refractivity (Wildman–Crippen MR) is 67.0 cm³/mol. The Bertz CT molecular complexity index is 473. The molecule has 1 aromatic rings. The van der Waals surface area contributed by atoms with Crippen molar-refractivity contribution in [2.75, 3.05) is 18.5 Å². The molecule has 1 unspecified atom stereocenters. The number of halogens is 1. The number of ether oxygens (including phenoxy) is 1. The molecular formula is C13H15FN2O3. The zero-order valence-corrected chi connectivity index (χ0v) is 10.3. The van der Waals surface area contributed by atoms with Gasteiger partial charge in [0, 0.05) is 12.3 Å². The Kier molecular flexibility index (Phi) is 4.46. The molecule has 2 amide bonds. The van der Waals surface area contributed by atoms with Gasteiger partial charge in [-0.05, 0) is 31.0 Å². The molecule has 2 rings (SSSR count). The molecule has 1 aromatic carbocycles. The monoisotopic (exact) mass is 266 g/mol. The van der Waals surface area contributed by atoms with Crippen LogP contribution in [0.1, 0.15) is 12.8 Å². The highest BCUT2D eigenvalue weighted by Gasteiger charge is 2.23. The maximum Gasteiger partial charge on any atom is 0.249 e. The van der Waals surface area contributed by atoms with Gasteiger partial charge in [-0.2, -0.15) is 0 Å². The van der Waals surface area contributed by atoms with Crippen LogP contribution in [0.25, 0.3) is 0 Å². The smallest absolute Gasteiger partial charge is 0.249 e. The summed E-state index contributed by atoms with van der Waals surface area (Å²) in [6.07, 6.45) is 1.08. The second kappa shape index (κ2) is 6.29. The highest BCUT2D eigenvalue weighted by molar-refractivity contribution is 5.95. The van der Waals surface area contributed by atoms with E-state index in [2.05, 4.69) is 10.6 Å². The van der Waals surface area contributed by atoms with Gasteiger partial charge in [0.25, 0.3) is 0 Å². The lowest BCUT2D eigenvalue weighted by Gasteiger charge is -2.10. The van der Waals surface area contributed by atoms with E-state index in [0.717, 1.165) is 6.42 Å². The summed E-state index contributed by atoms with van der Waals surface area (Å²) in [7, 11) is 0. The number of nitrogens with one attached hydrogen (secondary N) is 2. The Morgan fingerprint density at radius 2 is 2.26 bits per heavy atom. The van der Waals surface area contributed by atoms with Gasteiger partial charge < -0.3 is 15.4 Å².